The molecule has 126 valence electrons. The molecule has 0 radical (unpaired) electrons. The Morgan fingerprint density at radius 1 is 1.75 bits per heavy atom. The number of aromatic nitrogens is 3. The van der Waals surface area contributed by atoms with Crippen LogP contribution in [0.4, 0.5) is 5.82 Å². The second-order valence-electron chi connectivity index (χ2n) is 4.81. The molecule has 0 unspecified atom stereocenters. The van der Waals surface area contributed by atoms with Crippen LogP contribution in [0.25, 0.3) is 15.9 Å². The number of rotatable bonds is 3. The molecule has 3 heterocycles. The summed E-state index contributed by atoms with van der Waals surface area (Å²) in [7, 11) is 0. The van der Waals surface area contributed by atoms with Gasteiger partial charge in [0.2, 0.25) is 0 Å². The monoisotopic (exact) mass is 341 g/mol. The first-order chi connectivity index (χ1) is 17.4. The lowest BCUT2D eigenvalue weighted by Crippen LogP contribution is -2.53. The molecule has 1 fully saturated rings. The molecular weight excluding hydrogens is 304 g/mol. The number of likely N-dealkylation sites (tertiary alicyclic amines) is 1. The van der Waals surface area contributed by atoms with Crippen LogP contribution in [0, 0.1) is 19.4 Å². The van der Waals surface area contributed by atoms with Crippen LogP contribution >= 0.6 is 0 Å². The minimum absolute atomic E-state index is 0.0789. The third kappa shape index (κ3) is 2.92. The fraction of sp³-hybridized carbons (Fsp3) is 0.529. The molecule has 1 amide bonds. The zero-order valence-corrected chi connectivity index (χ0v) is 12.4. The highest BCUT2D eigenvalue weighted by atomic mass is 16.2. The Balaban J connectivity index is 2.61. The Bertz CT molecular complexity index is 1360. The molecule has 0 bridgehead atoms. The minimum Gasteiger partial charge on any atom is -0.354 e. The molecular formula is C17H22N6O. The molecule has 7 nitrogen and oxygen atoms in total. The van der Waals surface area contributed by atoms with E-state index in [1.54, 1.807) is 0 Å². The Hall–Kier alpha value is -2.62. The Morgan fingerprint density at radius 3 is 3.38 bits per heavy atom. The predicted octanol–water partition coefficient (Wildman–Crippen LogP) is 1.86. The van der Waals surface area contributed by atoms with Gasteiger partial charge in [-0.3, -0.25) is 4.79 Å². The SMILES string of the molecule is [2H]c1nc(N(C([2H])([2H])[2H])[C@]2([2H])[C@H](C([2H])([2H])[2H])C([2H])([2H])C([2H])([2H])N(C(=O)C[N+]#[C-])C2([2H])[2H])c2c([2H])c(C)[nH]c2n1. The molecule has 24 heavy (non-hydrogen) atoms. The number of aryl methyl sites for hydroxylation is 1. The van der Waals surface area contributed by atoms with Crippen molar-refractivity contribution in [3.05, 3.63) is 29.5 Å². The fourth-order valence-corrected chi connectivity index (χ4v) is 2.06. The summed E-state index contributed by atoms with van der Waals surface area (Å²) in [6, 6.07) is -4.39. The number of piperidine rings is 1. The van der Waals surface area contributed by atoms with Gasteiger partial charge in [-0.1, -0.05) is 6.85 Å². The van der Waals surface area contributed by atoms with E-state index in [1.807, 2.05) is 0 Å². The summed E-state index contributed by atoms with van der Waals surface area (Å²) in [4.78, 5) is 25.0. The summed E-state index contributed by atoms with van der Waals surface area (Å²) in [5.74, 6) is -5.81. The molecule has 2 aromatic rings. The molecule has 0 aromatic carbocycles. The molecule has 2 atom stereocenters. The molecule has 1 N–H and O–H groups in total. The van der Waals surface area contributed by atoms with Gasteiger partial charge < -0.3 is 19.6 Å². The van der Waals surface area contributed by atoms with E-state index in [4.69, 9.17) is 25.8 Å². The van der Waals surface area contributed by atoms with Gasteiger partial charge in [0.15, 0.2) is 0 Å². The number of carbonyl (C=O) groups is 1. The van der Waals surface area contributed by atoms with Crippen LogP contribution < -0.4 is 4.90 Å². The number of fused-ring (bicyclic) bond motifs is 1. The summed E-state index contributed by atoms with van der Waals surface area (Å²) in [5, 5.41) is -0.473. The van der Waals surface area contributed by atoms with E-state index < -0.39 is 86.0 Å². The van der Waals surface area contributed by atoms with Crippen LogP contribution in [-0.2, 0) is 4.79 Å². The average Bonchev–Trinajstić information content (AvgIpc) is 2.97. The number of carbonyl (C=O) groups excluding carboxylic acids is 1. The van der Waals surface area contributed by atoms with Gasteiger partial charge in [-0.05, 0) is 25.3 Å². The van der Waals surface area contributed by atoms with E-state index in [-0.39, 0.29) is 16.2 Å². The molecule has 0 spiro atoms. The molecule has 1 aliphatic heterocycles. The van der Waals surface area contributed by atoms with Gasteiger partial charge in [0.05, 0.1) is 16.9 Å². The zero-order valence-electron chi connectivity index (χ0n) is 27.4. The molecule has 0 aliphatic carbocycles. The maximum absolute atomic E-state index is 12.9. The van der Waals surface area contributed by atoms with Crippen LogP contribution in [0.2, 0.25) is 0 Å². The highest BCUT2D eigenvalue weighted by Crippen LogP contribution is 2.29. The van der Waals surface area contributed by atoms with Gasteiger partial charge in [-0.25, -0.2) is 16.5 Å². The van der Waals surface area contributed by atoms with Gasteiger partial charge in [0.1, 0.15) is 19.1 Å². The first-order valence-corrected chi connectivity index (χ1v) is 6.70. The Kier molecular flexibility index (Phi) is 1.63. The van der Waals surface area contributed by atoms with Crippen molar-refractivity contribution < 1.29 is 25.4 Å². The fourth-order valence-electron chi connectivity index (χ4n) is 2.06. The lowest BCUT2D eigenvalue weighted by atomic mass is 9.92. The molecule has 1 aliphatic rings. The lowest BCUT2D eigenvalue weighted by Gasteiger charge is -2.41. The van der Waals surface area contributed by atoms with Crippen molar-refractivity contribution in [2.45, 2.75) is 26.2 Å². The number of hydrogen-bond acceptors (Lipinski definition) is 4. The minimum atomic E-state index is -3.97. The van der Waals surface area contributed by atoms with Crippen LogP contribution in [0.15, 0.2) is 12.3 Å². The first kappa shape index (κ1) is 6.03. The second kappa shape index (κ2) is 6.48. The zero-order chi connectivity index (χ0) is 30.3. The van der Waals surface area contributed by atoms with E-state index in [0.717, 1.165) is 0 Å². The van der Waals surface area contributed by atoms with Crippen molar-refractivity contribution in [3.8, 4) is 0 Å². The highest BCUT2D eigenvalue weighted by molar-refractivity contribution is 5.88. The Morgan fingerprint density at radius 2 is 2.62 bits per heavy atom. The summed E-state index contributed by atoms with van der Waals surface area (Å²) in [5.41, 5.74) is -0.221. The topological polar surface area (TPSA) is 69.5 Å². The number of nitrogens with zero attached hydrogens (tertiary/aromatic N) is 5. The van der Waals surface area contributed by atoms with E-state index in [2.05, 4.69) is 19.8 Å². The van der Waals surface area contributed by atoms with Crippen LogP contribution in [0.3, 0.4) is 0 Å². The van der Waals surface area contributed by atoms with Crippen LogP contribution in [0.5, 0.6) is 0 Å². The van der Waals surface area contributed by atoms with Crippen LogP contribution in [-0.4, -0.2) is 58.3 Å². The van der Waals surface area contributed by atoms with Crippen molar-refractivity contribution in [1.82, 2.24) is 19.9 Å². The normalized spacial score (nSPS) is 40.4. The van der Waals surface area contributed by atoms with E-state index in [0.29, 0.717) is 0 Å². The number of likely N-dealkylation sites (N-methyl/N-ethyl adjacent to an activating group) is 1. The smallest absolute Gasteiger partial charge is 0.302 e. The van der Waals surface area contributed by atoms with Crippen molar-refractivity contribution in [2.24, 2.45) is 5.92 Å². The summed E-state index contributed by atoms with van der Waals surface area (Å²) >= 11 is 0. The quantitative estimate of drug-likeness (QED) is 0.865. The van der Waals surface area contributed by atoms with Crippen molar-refractivity contribution in [1.29, 1.82) is 0 Å². The standard InChI is InChI=1S/C17H22N6O/c1-11-5-6-23(15(24)8-18-3)9-14(11)22(4)17-13-7-12(2)21-16(13)19-10-20-17/h7,10-11,14H,5-6,8-9H2,1-2,4H3,(H,19,20,21)/t11-,14+/m1/s1/i1D3,4D3,5D2,6D2,7D,9D2,10D,14D. The summed E-state index contributed by atoms with van der Waals surface area (Å²) < 4.78 is 125. The average molecular weight is 341 g/mol. The first-order valence-electron chi connectivity index (χ1n) is 14.2. The van der Waals surface area contributed by atoms with E-state index in [1.165, 1.54) is 6.92 Å². The molecule has 1 saturated heterocycles. The second-order valence-corrected chi connectivity index (χ2v) is 4.81. The number of H-pyrrole nitrogens is 1. The van der Waals surface area contributed by atoms with Gasteiger partial charge >= 0.3 is 5.91 Å². The van der Waals surface area contributed by atoms with Gasteiger partial charge in [0.25, 0.3) is 6.54 Å². The number of anilines is 1. The number of amides is 1. The van der Waals surface area contributed by atoms with Gasteiger partial charge in [0, 0.05) is 39.4 Å². The largest absolute Gasteiger partial charge is 0.354 e. The Labute approximate surface area is 162 Å². The molecule has 2 aromatic heterocycles. The molecule has 0 saturated carbocycles. The maximum atomic E-state index is 12.9. The third-order valence-corrected chi connectivity index (χ3v) is 3.13. The van der Waals surface area contributed by atoms with Crippen molar-refractivity contribution >= 4 is 22.8 Å². The predicted molar refractivity (Wildman–Crippen MR) is 92.6 cm³/mol. The third-order valence-electron chi connectivity index (χ3n) is 3.13. The summed E-state index contributed by atoms with van der Waals surface area (Å²) in [6.07, 6.45) is -4.72. The molecule has 7 heteroatoms. The highest BCUT2D eigenvalue weighted by Gasteiger charge is 2.33. The lowest BCUT2D eigenvalue weighted by molar-refractivity contribution is -0.130. The molecule has 3 rings (SSSR count). The van der Waals surface area contributed by atoms with Crippen LogP contribution in [0.1, 0.15) is 39.5 Å². The van der Waals surface area contributed by atoms with Gasteiger partial charge in [-0.15, -0.1) is 0 Å². The summed E-state index contributed by atoms with van der Waals surface area (Å²) in [6.45, 7) is -8.20. The number of nitrogens with one attached hydrogen (secondary N) is 1. The number of hydrogen-bond donors (Lipinski definition) is 1. The van der Waals surface area contributed by atoms with E-state index >= 15 is 0 Å². The van der Waals surface area contributed by atoms with Gasteiger partial charge in [-0.2, -0.15) is 0 Å². The maximum Gasteiger partial charge on any atom is 0.302 e. The van der Waals surface area contributed by atoms with E-state index in [9.17, 15) is 6.17 Å². The van der Waals surface area contributed by atoms with Crippen molar-refractivity contribution in [3.63, 3.8) is 0 Å². The van der Waals surface area contributed by atoms with Crippen molar-refractivity contribution in [2.75, 3.05) is 31.4 Å². The number of aromatic amines is 1.